The SMILES string of the molecule is CC(C)(C#N)n1ccc(S(N)(=O)=O)n1. The average molecular weight is 214 g/mol. The molecular weight excluding hydrogens is 204 g/mol. The van der Waals surface area contributed by atoms with Gasteiger partial charge in [-0.25, -0.2) is 13.6 Å². The lowest BCUT2D eigenvalue weighted by atomic mass is 10.1. The number of hydrogen-bond acceptors (Lipinski definition) is 4. The van der Waals surface area contributed by atoms with E-state index in [9.17, 15) is 8.42 Å². The predicted octanol–water partition coefficient (Wildman–Crippen LogP) is -0.211. The van der Waals surface area contributed by atoms with Gasteiger partial charge in [0, 0.05) is 6.20 Å². The molecule has 0 aliphatic carbocycles. The summed E-state index contributed by atoms with van der Waals surface area (Å²) in [5.41, 5.74) is -0.886. The normalized spacial score (nSPS) is 12.4. The third kappa shape index (κ3) is 1.92. The van der Waals surface area contributed by atoms with E-state index in [0.717, 1.165) is 0 Å². The highest BCUT2D eigenvalue weighted by molar-refractivity contribution is 7.89. The van der Waals surface area contributed by atoms with Crippen molar-refractivity contribution in [2.24, 2.45) is 5.14 Å². The fourth-order valence-electron chi connectivity index (χ4n) is 0.822. The van der Waals surface area contributed by atoms with E-state index in [1.807, 2.05) is 6.07 Å². The van der Waals surface area contributed by atoms with Crippen LogP contribution in [0.1, 0.15) is 13.8 Å². The van der Waals surface area contributed by atoms with Crippen molar-refractivity contribution >= 4 is 10.0 Å². The van der Waals surface area contributed by atoms with Crippen LogP contribution in [0, 0.1) is 11.3 Å². The number of rotatable bonds is 2. The molecule has 0 aliphatic rings. The molecule has 14 heavy (non-hydrogen) atoms. The molecule has 1 aromatic rings. The second kappa shape index (κ2) is 3.08. The summed E-state index contributed by atoms with van der Waals surface area (Å²) in [6, 6.07) is 3.25. The third-order valence-electron chi connectivity index (χ3n) is 1.70. The zero-order valence-corrected chi connectivity index (χ0v) is 8.61. The van der Waals surface area contributed by atoms with Crippen molar-refractivity contribution in [2.75, 3.05) is 0 Å². The number of hydrogen-bond donors (Lipinski definition) is 1. The van der Waals surface area contributed by atoms with Crippen LogP contribution in [0.15, 0.2) is 17.3 Å². The first kappa shape index (κ1) is 10.7. The molecule has 7 heteroatoms. The Morgan fingerprint density at radius 1 is 1.64 bits per heavy atom. The van der Waals surface area contributed by atoms with Gasteiger partial charge in [-0.1, -0.05) is 0 Å². The maximum atomic E-state index is 10.9. The smallest absolute Gasteiger partial charge is 0.252 e. The largest absolute Gasteiger partial charge is 0.257 e. The van der Waals surface area contributed by atoms with Gasteiger partial charge in [0.1, 0.15) is 5.54 Å². The van der Waals surface area contributed by atoms with Gasteiger partial charge in [0.05, 0.1) is 6.07 Å². The van der Waals surface area contributed by atoms with Gasteiger partial charge in [-0.05, 0) is 19.9 Å². The van der Waals surface area contributed by atoms with Crippen LogP contribution in [0.5, 0.6) is 0 Å². The molecule has 1 rings (SSSR count). The van der Waals surface area contributed by atoms with Crippen molar-refractivity contribution in [3.63, 3.8) is 0 Å². The standard InChI is InChI=1S/C7H10N4O2S/c1-7(2,5-8)11-4-3-6(10-11)14(9,12)13/h3-4H,1-2H3,(H2,9,12,13). The van der Waals surface area contributed by atoms with Crippen LogP contribution < -0.4 is 5.14 Å². The van der Waals surface area contributed by atoms with Crippen molar-refractivity contribution in [1.29, 1.82) is 5.26 Å². The van der Waals surface area contributed by atoms with Crippen LogP contribution in [-0.4, -0.2) is 18.2 Å². The molecule has 0 spiro atoms. The second-order valence-electron chi connectivity index (χ2n) is 3.31. The fraction of sp³-hybridized carbons (Fsp3) is 0.429. The first-order valence-corrected chi connectivity index (χ1v) is 5.32. The van der Waals surface area contributed by atoms with Crippen molar-refractivity contribution in [3.05, 3.63) is 12.3 Å². The molecule has 1 heterocycles. The van der Waals surface area contributed by atoms with E-state index in [4.69, 9.17) is 10.4 Å². The number of primary sulfonamides is 1. The molecule has 0 fully saturated rings. The molecule has 0 aromatic carbocycles. The Bertz CT molecular complexity index is 480. The van der Waals surface area contributed by atoms with Crippen molar-refractivity contribution in [2.45, 2.75) is 24.4 Å². The minimum atomic E-state index is -3.79. The van der Waals surface area contributed by atoms with E-state index in [-0.39, 0.29) is 5.03 Å². The number of nitriles is 1. The van der Waals surface area contributed by atoms with Crippen molar-refractivity contribution < 1.29 is 8.42 Å². The quantitative estimate of drug-likeness (QED) is 0.735. The molecule has 0 saturated heterocycles. The molecule has 2 N–H and O–H groups in total. The number of nitrogens with two attached hydrogens (primary N) is 1. The molecule has 0 aliphatic heterocycles. The molecule has 0 atom stereocenters. The Labute approximate surface area is 82.0 Å². The van der Waals surface area contributed by atoms with Crippen LogP contribution in [-0.2, 0) is 15.6 Å². The zero-order chi connectivity index (χ0) is 11.0. The Hall–Kier alpha value is -1.39. The molecule has 6 nitrogen and oxygen atoms in total. The lowest BCUT2D eigenvalue weighted by Gasteiger charge is -2.15. The number of sulfonamides is 1. The lowest BCUT2D eigenvalue weighted by Crippen LogP contribution is -2.25. The number of nitrogens with zero attached hydrogens (tertiary/aromatic N) is 3. The van der Waals surface area contributed by atoms with E-state index in [0.29, 0.717) is 0 Å². The Kier molecular flexibility index (Phi) is 2.35. The van der Waals surface area contributed by atoms with Gasteiger partial charge in [0.2, 0.25) is 0 Å². The van der Waals surface area contributed by atoms with E-state index in [1.54, 1.807) is 13.8 Å². The average Bonchev–Trinajstić information content (AvgIpc) is 2.51. The van der Waals surface area contributed by atoms with Crippen LogP contribution >= 0.6 is 0 Å². The summed E-state index contributed by atoms with van der Waals surface area (Å²) in [5, 5.41) is 17.1. The fourth-order valence-corrected chi connectivity index (χ4v) is 1.27. The molecule has 76 valence electrons. The van der Waals surface area contributed by atoms with Crippen LogP contribution in [0.4, 0.5) is 0 Å². The second-order valence-corrected chi connectivity index (χ2v) is 4.82. The van der Waals surface area contributed by atoms with E-state index < -0.39 is 15.6 Å². The van der Waals surface area contributed by atoms with Gasteiger partial charge in [0.15, 0.2) is 5.03 Å². The summed E-state index contributed by atoms with van der Waals surface area (Å²) in [6.07, 6.45) is 1.41. The Morgan fingerprint density at radius 3 is 2.57 bits per heavy atom. The molecule has 0 amide bonds. The molecular formula is C7H10N4O2S. The number of aromatic nitrogens is 2. The Balaban J connectivity index is 3.21. The summed E-state index contributed by atoms with van der Waals surface area (Å²) in [5.74, 6) is 0. The first-order chi connectivity index (χ1) is 6.27. The topological polar surface area (TPSA) is 102 Å². The van der Waals surface area contributed by atoms with Gasteiger partial charge in [-0.3, -0.25) is 4.68 Å². The maximum Gasteiger partial charge on any atom is 0.257 e. The summed E-state index contributed by atoms with van der Waals surface area (Å²) in [4.78, 5) is 0. The highest BCUT2D eigenvalue weighted by Crippen LogP contribution is 2.13. The van der Waals surface area contributed by atoms with E-state index >= 15 is 0 Å². The molecule has 1 aromatic heterocycles. The molecule has 0 bridgehead atoms. The lowest BCUT2D eigenvalue weighted by molar-refractivity contribution is 0.410. The minimum Gasteiger partial charge on any atom is -0.252 e. The predicted molar refractivity (Wildman–Crippen MR) is 48.5 cm³/mol. The van der Waals surface area contributed by atoms with Crippen LogP contribution in [0.3, 0.4) is 0 Å². The molecule has 0 saturated carbocycles. The highest BCUT2D eigenvalue weighted by atomic mass is 32.2. The van der Waals surface area contributed by atoms with E-state index in [1.165, 1.54) is 16.9 Å². The highest BCUT2D eigenvalue weighted by Gasteiger charge is 2.22. The third-order valence-corrected chi connectivity index (χ3v) is 2.50. The monoisotopic (exact) mass is 214 g/mol. The summed E-state index contributed by atoms with van der Waals surface area (Å²) >= 11 is 0. The van der Waals surface area contributed by atoms with Crippen molar-refractivity contribution in [1.82, 2.24) is 9.78 Å². The summed E-state index contributed by atoms with van der Waals surface area (Å²) in [7, 11) is -3.79. The maximum absolute atomic E-state index is 10.9. The molecule has 0 unspecified atom stereocenters. The van der Waals surface area contributed by atoms with Crippen LogP contribution in [0.25, 0.3) is 0 Å². The Morgan fingerprint density at radius 2 is 2.21 bits per heavy atom. The van der Waals surface area contributed by atoms with Gasteiger partial charge >= 0.3 is 0 Å². The van der Waals surface area contributed by atoms with E-state index in [2.05, 4.69) is 5.10 Å². The first-order valence-electron chi connectivity index (χ1n) is 3.77. The summed E-state index contributed by atoms with van der Waals surface area (Å²) < 4.78 is 23.0. The van der Waals surface area contributed by atoms with Crippen LogP contribution in [0.2, 0.25) is 0 Å². The zero-order valence-electron chi connectivity index (χ0n) is 7.80. The summed E-state index contributed by atoms with van der Waals surface area (Å²) in [6.45, 7) is 3.24. The van der Waals surface area contributed by atoms with Crippen molar-refractivity contribution in [3.8, 4) is 6.07 Å². The van der Waals surface area contributed by atoms with Gasteiger partial charge < -0.3 is 0 Å². The van der Waals surface area contributed by atoms with Gasteiger partial charge in [-0.15, -0.1) is 0 Å². The van der Waals surface area contributed by atoms with Gasteiger partial charge in [-0.2, -0.15) is 10.4 Å². The molecule has 0 radical (unpaired) electrons. The van der Waals surface area contributed by atoms with Gasteiger partial charge in [0.25, 0.3) is 10.0 Å². The minimum absolute atomic E-state index is 0.235.